The Hall–Kier alpha value is -1.22. The first kappa shape index (κ1) is 9.34. The van der Waals surface area contributed by atoms with Crippen LogP contribution >= 0.6 is 11.8 Å². The quantitative estimate of drug-likeness (QED) is 0.695. The number of carbonyl (C=O) groups is 1. The van der Waals surface area contributed by atoms with Crippen LogP contribution in [0.4, 0.5) is 0 Å². The number of benzene rings is 1. The Morgan fingerprint density at radius 1 is 1.36 bits per heavy atom. The number of allylic oxidation sites excluding steroid dienone is 1. The molecule has 0 N–H and O–H groups in total. The highest BCUT2D eigenvalue weighted by Gasteiger charge is 2.20. The second-order valence-corrected chi connectivity index (χ2v) is 4.01. The molecule has 1 aromatic carbocycles. The molecule has 3 heteroatoms. The summed E-state index contributed by atoms with van der Waals surface area (Å²) in [5.74, 6) is 1.70. The number of hydrogen-bond donors (Lipinski definition) is 0. The Morgan fingerprint density at radius 2 is 2.07 bits per heavy atom. The highest BCUT2D eigenvalue weighted by atomic mass is 32.2. The Bertz CT molecular complexity index is 379. The van der Waals surface area contributed by atoms with Gasteiger partial charge in [0, 0.05) is 0 Å². The number of carbonyl (C=O) groups excluding carboxylic acids is 1. The third-order valence-electron chi connectivity index (χ3n) is 2.05. The van der Waals surface area contributed by atoms with E-state index in [0.29, 0.717) is 5.75 Å². The number of ketones is 1. The largest absolute Gasteiger partial charge is 0.497 e. The normalized spacial score (nSPS) is 18.1. The number of hydrogen-bond acceptors (Lipinski definition) is 3. The van der Waals surface area contributed by atoms with Gasteiger partial charge in [-0.25, -0.2) is 0 Å². The number of thioether (sulfide) groups is 1. The first-order chi connectivity index (χ1) is 6.79. The molecule has 0 bridgehead atoms. The molecule has 1 fully saturated rings. The van der Waals surface area contributed by atoms with Crippen molar-refractivity contribution in [1.82, 2.24) is 0 Å². The first-order valence-corrected chi connectivity index (χ1v) is 5.30. The maximum atomic E-state index is 11.0. The summed E-state index contributed by atoms with van der Waals surface area (Å²) in [7, 11) is 1.64. The van der Waals surface area contributed by atoms with Crippen LogP contribution < -0.4 is 4.74 Å². The van der Waals surface area contributed by atoms with Gasteiger partial charge in [-0.15, -0.1) is 11.8 Å². The maximum Gasteiger partial charge on any atom is 0.179 e. The molecule has 0 atom stereocenters. The van der Waals surface area contributed by atoms with Gasteiger partial charge in [0.1, 0.15) is 5.75 Å². The number of Topliss-reactive ketones (excluding diaryl/α,β-unsaturated/α-hetero) is 1. The minimum Gasteiger partial charge on any atom is -0.497 e. The average Bonchev–Trinajstić information content (AvgIpc) is 2.24. The van der Waals surface area contributed by atoms with Gasteiger partial charge in [-0.2, -0.15) is 0 Å². The summed E-state index contributed by atoms with van der Waals surface area (Å²) >= 11 is 1.60. The fourth-order valence-electron chi connectivity index (χ4n) is 1.19. The fourth-order valence-corrected chi connectivity index (χ4v) is 1.84. The van der Waals surface area contributed by atoms with E-state index in [0.717, 1.165) is 16.2 Å². The molecule has 0 saturated carbocycles. The van der Waals surface area contributed by atoms with Gasteiger partial charge in [0.05, 0.1) is 17.8 Å². The van der Waals surface area contributed by atoms with Crippen molar-refractivity contribution in [2.24, 2.45) is 0 Å². The van der Waals surface area contributed by atoms with Crippen molar-refractivity contribution < 1.29 is 9.53 Å². The molecule has 2 nitrogen and oxygen atoms in total. The van der Waals surface area contributed by atoms with Gasteiger partial charge >= 0.3 is 0 Å². The zero-order valence-electron chi connectivity index (χ0n) is 7.82. The minimum absolute atomic E-state index is 0.241. The molecule has 1 saturated heterocycles. The average molecular weight is 206 g/mol. The molecule has 1 aromatic rings. The van der Waals surface area contributed by atoms with Crippen LogP contribution in [0.1, 0.15) is 5.56 Å². The predicted molar refractivity (Wildman–Crippen MR) is 58.4 cm³/mol. The summed E-state index contributed by atoms with van der Waals surface area (Å²) in [6, 6.07) is 7.66. The lowest BCUT2D eigenvalue weighted by atomic mass is 10.2. The van der Waals surface area contributed by atoms with Crippen LogP contribution in [-0.2, 0) is 4.79 Å². The van der Waals surface area contributed by atoms with Gasteiger partial charge in [-0.05, 0) is 23.8 Å². The van der Waals surface area contributed by atoms with Gasteiger partial charge < -0.3 is 4.74 Å². The number of ether oxygens (including phenoxy) is 1. The second kappa shape index (κ2) is 3.88. The van der Waals surface area contributed by atoms with Crippen LogP contribution in [0.2, 0.25) is 0 Å². The summed E-state index contributed by atoms with van der Waals surface area (Å²) in [4.78, 5) is 11.9. The highest BCUT2D eigenvalue weighted by molar-refractivity contribution is 8.07. The van der Waals surface area contributed by atoms with Crippen molar-refractivity contribution in [3.63, 3.8) is 0 Å². The third-order valence-corrected chi connectivity index (χ3v) is 3.11. The third kappa shape index (κ3) is 1.82. The molecule has 14 heavy (non-hydrogen) atoms. The van der Waals surface area contributed by atoms with Crippen molar-refractivity contribution in [1.29, 1.82) is 0 Å². The molecule has 0 aromatic heterocycles. The lowest BCUT2D eigenvalue weighted by Gasteiger charge is -2.13. The van der Waals surface area contributed by atoms with Crippen molar-refractivity contribution in [3.05, 3.63) is 34.7 Å². The smallest absolute Gasteiger partial charge is 0.179 e. The molecule has 0 radical (unpaired) electrons. The molecule has 72 valence electrons. The molecule has 1 heterocycles. The van der Waals surface area contributed by atoms with E-state index < -0.39 is 0 Å². The van der Waals surface area contributed by atoms with E-state index in [2.05, 4.69) is 0 Å². The van der Waals surface area contributed by atoms with E-state index in [-0.39, 0.29) is 5.78 Å². The summed E-state index contributed by atoms with van der Waals surface area (Å²) in [6.45, 7) is 0. The molecule has 2 rings (SSSR count). The summed E-state index contributed by atoms with van der Waals surface area (Å²) in [5.41, 5.74) is 1.04. The van der Waals surface area contributed by atoms with Crippen LogP contribution in [0.25, 0.3) is 6.08 Å². The van der Waals surface area contributed by atoms with Gasteiger partial charge in [-0.1, -0.05) is 12.1 Å². The van der Waals surface area contributed by atoms with Crippen molar-refractivity contribution in [2.45, 2.75) is 0 Å². The number of rotatable bonds is 2. The minimum atomic E-state index is 0.241. The lowest BCUT2D eigenvalue weighted by Crippen LogP contribution is -2.13. The van der Waals surface area contributed by atoms with Crippen molar-refractivity contribution >= 4 is 23.6 Å². The van der Waals surface area contributed by atoms with E-state index >= 15 is 0 Å². The van der Waals surface area contributed by atoms with Gasteiger partial charge in [0.2, 0.25) is 0 Å². The van der Waals surface area contributed by atoms with E-state index in [4.69, 9.17) is 4.74 Å². The van der Waals surface area contributed by atoms with E-state index in [1.54, 1.807) is 18.9 Å². The van der Waals surface area contributed by atoms with E-state index in [9.17, 15) is 4.79 Å². The van der Waals surface area contributed by atoms with Crippen molar-refractivity contribution in [2.75, 3.05) is 12.9 Å². The Labute approximate surface area is 87.0 Å². The molecular weight excluding hydrogens is 196 g/mol. The van der Waals surface area contributed by atoms with Crippen LogP contribution in [0.3, 0.4) is 0 Å². The van der Waals surface area contributed by atoms with Crippen LogP contribution in [0, 0.1) is 0 Å². The molecule has 1 aliphatic heterocycles. The summed E-state index contributed by atoms with van der Waals surface area (Å²) in [5, 5.41) is 0. The topological polar surface area (TPSA) is 26.3 Å². The zero-order chi connectivity index (χ0) is 9.97. The molecular formula is C11H10O2S. The molecule has 1 aliphatic rings. The highest BCUT2D eigenvalue weighted by Crippen LogP contribution is 2.30. The predicted octanol–water partition coefficient (Wildman–Crippen LogP) is 2.35. The zero-order valence-corrected chi connectivity index (χ0v) is 8.64. The van der Waals surface area contributed by atoms with Gasteiger partial charge in [0.15, 0.2) is 5.78 Å². The van der Waals surface area contributed by atoms with E-state index in [1.165, 1.54) is 0 Å². The second-order valence-electron chi connectivity index (χ2n) is 2.99. The van der Waals surface area contributed by atoms with E-state index in [1.807, 2.05) is 30.3 Å². The van der Waals surface area contributed by atoms with Crippen LogP contribution in [-0.4, -0.2) is 18.6 Å². The molecule has 0 spiro atoms. The monoisotopic (exact) mass is 206 g/mol. The summed E-state index contributed by atoms with van der Waals surface area (Å²) < 4.78 is 5.04. The van der Waals surface area contributed by atoms with Crippen molar-refractivity contribution in [3.8, 4) is 5.75 Å². The van der Waals surface area contributed by atoms with Gasteiger partial charge in [0.25, 0.3) is 0 Å². The van der Waals surface area contributed by atoms with Gasteiger partial charge in [-0.3, -0.25) is 4.79 Å². The molecule has 0 aliphatic carbocycles. The Kier molecular flexibility index (Phi) is 2.59. The van der Waals surface area contributed by atoms with Crippen LogP contribution in [0.15, 0.2) is 29.2 Å². The molecule has 0 unspecified atom stereocenters. The fraction of sp³-hybridized carbons (Fsp3) is 0.182. The standard InChI is InChI=1S/C11H10O2S/c1-13-9-4-2-8(3-5-9)6-11-10(12)7-14-11/h2-6H,7H2,1H3. The summed E-state index contributed by atoms with van der Waals surface area (Å²) in [6.07, 6.45) is 1.91. The Morgan fingerprint density at radius 3 is 2.50 bits per heavy atom. The maximum absolute atomic E-state index is 11.0. The van der Waals surface area contributed by atoms with Crippen LogP contribution in [0.5, 0.6) is 5.75 Å². The Balaban J connectivity index is 2.17. The first-order valence-electron chi connectivity index (χ1n) is 4.31. The number of methoxy groups -OCH3 is 1. The molecule has 0 amide bonds. The lowest BCUT2D eigenvalue weighted by molar-refractivity contribution is -0.113. The SMILES string of the molecule is COc1ccc(C=C2SCC2=O)cc1.